The summed E-state index contributed by atoms with van der Waals surface area (Å²) in [5.41, 5.74) is 1.09. The molecule has 3 rings (SSSR count). The van der Waals surface area contributed by atoms with Crippen molar-refractivity contribution in [1.82, 2.24) is 4.31 Å². The maximum absolute atomic E-state index is 12.6. The van der Waals surface area contributed by atoms with Crippen LogP contribution in [0.3, 0.4) is 0 Å². The first kappa shape index (κ1) is 16.8. The minimum Gasteiger partial charge on any atom is -0.494 e. The standard InChI is InChI=1S/C18H22N2O3S/c1-2-23-17-10-8-16(9-11-17)19-12-14-20(15-13-19)24(21,22)18-6-4-3-5-7-18/h3-11H,2,12-15H2,1H3. The van der Waals surface area contributed by atoms with Gasteiger partial charge in [0.25, 0.3) is 0 Å². The topological polar surface area (TPSA) is 49.9 Å². The molecule has 0 bridgehead atoms. The smallest absolute Gasteiger partial charge is 0.243 e. The number of nitrogens with zero attached hydrogens (tertiary/aromatic N) is 2. The molecule has 0 N–H and O–H groups in total. The molecule has 0 aromatic heterocycles. The molecule has 0 saturated carbocycles. The number of ether oxygens (including phenoxy) is 1. The average Bonchev–Trinajstić information content (AvgIpc) is 2.63. The third-order valence-corrected chi connectivity index (χ3v) is 6.05. The number of rotatable bonds is 5. The molecule has 1 aliphatic rings. The van der Waals surface area contributed by atoms with Gasteiger partial charge in [-0.15, -0.1) is 0 Å². The van der Waals surface area contributed by atoms with Crippen LogP contribution in [0.5, 0.6) is 5.75 Å². The van der Waals surface area contributed by atoms with E-state index in [1.807, 2.05) is 37.3 Å². The predicted octanol–water partition coefficient (Wildman–Crippen LogP) is 2.60. The molecule has 1 saturated heterocycles. The summed E-state index contributed by atoms with van der Waals surface area (Å²) in [4.78, 5) is 2.56. The number of sulfonamides is 1. The van der Waals surface area contributed by atoms with Crippen molar-refractivity contribution in [2.75, 3.05) is 37.7 Å². The molecule has 0 aliphatic carbocycles. The molecule has 1 heterocycles. The van der Waals surface area contributed by atoms with Gasteiger partial charge in [0.15, 0.2) is 0 Å². The van der Waals surface area contributed by atoms with Gasteiger partial charge in [0.1, 0.15) is 5.75 Å². The van der Waals surface area contributed by atoms with Gasteiger partial charge in [0.2, 0.25) is 10.0 Å². The minimum atomic E-state index is -3.40. The van der Waals surface area contributed by atoms with E-state index in [0.717, 1.165) is 11.4 Å². The Hall–Kier alpha value is -2.05. The summed E-state index contributed by atoms with van der Waals surface area (Å²) in [5, 5.41) is 0. The Labute approximate surface area is 143 Å². The van der Waals surface area contributed by atoms with Gasteiger partial charge in [-0.3, -0.25) is 0 Å². The molecule has 24 heavy (non-hydrogen) atoms. The summed E-state index contributed by atoms with van der Waals surface area (Å²) in [6, 6.07) is 16.6. The van der Waals surface area contributed by atoms with Crippen molar-refractivity contribution < 1.29 is 13.2 Å². The quantitative estimate of drug-likeness (QED) is 0.835. The Balaban J connectivity index is 1.65. The predicted molar refractivity (Wildman–Crippen MR) is 95.0 cm³/mol. The number of benzene rings is 2. The molecule has 1 fully saturated rings. The van der Waals surface area contributed by atoms with Gasteiger partial charge >= 0.3 is 0 Å². The van der Waals surface area contributed by atoms with Crippen molar-refractivity contribution in [2.24, 2.45) is 0 Å². The van der Waals surface area contributed by atoms with Crippen LogP contribution in [0.15, 0.2) is 59.5 Å². The number of anilines is 1. The molecule has 0 amide bonds. The van der Waals surface area contributed by atoms with E-state index in [2.05, 4.69) is 4.90 Å². The highest BCUT2D eigenvalue weighted by Gasteiger charge is 2.28. The zero-order chi connectivity index (χ0) is 17.0. The van der Waals surface area contributed by atoms with Gasteiger partial charge < -0.3 is 9.64 Å². The zero-order valence-electron chi connectivity index (χ0n) is 13.8. The van der Waals surface area contributed by atoms with E-state index < -0.39 is 10.0 Å². The van der Waals surface area contributed by atoms with Crippen molar-refractivity contribution in [3.8, 4) is 5.75 Å². The van der Waals surface area contributed by atoms with E-state index in [4.69, 9.17) is 4.74 Å². The third-order valence-electron chi connectivity index (χ3n) is 4.13. The van der Waals surface area contributed by atoms with Crippen LogP contribution in [0.25, 0.3) is 0 Å². The highest BCUT2D eigenvalue weighted by molar-refractivity contribution is 7.89. The van der Waals surface area contributed by atoms with Crippen LogP contribution >= 0.6 is 0 Å². The monoisotopic (exact) mass is 346 g/mol. The van der Waals surface area contributed by atoms with E-state index in [0.29, 0.717) is 37.7 Å². The normalized spacial score (nSPS) is 16.1. The molecule has 128 valence electrons. The van der Waals surface area contributed by atoms with Crippen LogP contribution in [0, 0.1) is 0 Å². The highest BCUT2D eigenvalue weighted by atomic mass is 32.2. The lowest BCUT2D eigenvalue weighted by Crippen LogP contribution is -2.48. The van der Waals surface area contributed by atoms with Crippen molar-refractivity contribution in [1.29, 1.82) is 0 Å². The summed E-state index contributed by atoms with van der Waals surface area (Å²) in [6.45, 7) is 4.95. The summed E-state index contributed by atoms with van der Waals surface area (Å²) in [7, 11) is -3.40. The van der Waals surface area contributed by atoms with Gasteiger partial charge in [-0.25, -0.2) is 8.42 Å². The molecule has 0 unspecified atom stereocenters. The van der Waals surface area contributed by atoms with Gasteiger partial charge in [-0.2, -0.15) is 4.31 Å². The van der Waals surface area contributed by atoms with E-state index in [1.165, 1.54) is 0 Å². The second kappa shape index (κ2) is 7.23. The fourth-order valence-corrected chi connectivity index (χ4v) is 4.29. The molecule has 0 atom stereocenters. The Morgan fingerprint density at radius 3 is 2.12 bits per heavy atom. The summed E-state index contributed by atoms with van der Waals surface area (Å²) < 4.78 is 32.3. The van der Waals surface area contributed by atoms with Gasteiger partial charge in [0, 0.05) is 31.9 Å². The van der Waals surface area contributed by atoms with Crippen LogP contribution in [0.4, 0.5) is 5.69 Å². The Morgan fingerprint density at radius 1 is 0.917 bits per heavy atom. The molecule has 0 radical (unpaired) electrons. The largest absolute Gasteiger partial charge is 0.494 e. The second-order valence-corrected chi connectivity index (χ2v) is 7.57. The maximum atomic E-state index is 12.6. The minimum absolute atomic E-state index is 0.361. The first-order valence-electron chi connectivity index (χ1n) is 8.14. The summed E-state index contributed by atoms with van der Waals surface area (Å²) >= 11 is 0. The SMILES string of the molecule is CCOc1ccc(N2CCN(S(=O)(=O)c3ccccc3)CC2)cc1. The number of piperazine rings is 1. The molecular formula is C18H22N2O3S. The molecule has 5 nitrogen and oxygen atoms in total. The van der Waals surface area contributed by atoms with Gasteiger partial charge in [-0.1, -0.05) is 18.2 Å². The third kappa shape index (κ3) is 3.55. The zero-order valence-corrected chi connectivity index (χ0v) is 14.6. The van der Waals surface area contributed by atoms with Crippen LogP contribution in [-0.2, 0) is 10.0 Å². The first-order valence-corrected chi connectivity index (χ1v) is 9.58. The van der Waals surface area contributed by atoms with E-state index >= 15 is 0 Å². The van der Waals surface area contributed by atoms with E-state index in [-0.39, 0.29) is 0 Å². The molecule has 2 aromatic carbocycles. The van der Waals surface area contributed by atoms with Crippen LogP contribution in [0.1, 0.15) is 6.92 Å². The lowest BCUT2D eigenvalue weighted by molar-refractivity contribution is 0.340. The van der Waals surface area contributed by atoms with E-state index in [9.17, 15) is 8.42 Å². The summed E-state index contributed by atoms with van der Waals surface area (Å²) in [5.74, 6) is 0.853. The summed E-state index contributed by atoms with van der Waals surface area (Å²) in [6.07, 6.45) is 0. The van der Waals surface area contributed by atoms with Crippen LogP contribution in [0.2, 0.25) is 0 Å². The van der Waals surface area contributed by atoms with Crippen molar-refractivity contribution >= 4 is 15.7 Å². The molecule has 0 spiro atoms. The lowest BCUT2D eigenvalue weighted by atomic mass is 10.2. The Bertz CT molecular complexity index is 753. The Morgan fingerprint density at radius 2 is 1.54 bits per heavy atom. The Kier molecular flexibility index (Phi) is 5.06. The van der Waals surface area contributed by atoms with Crippen molar-refractivity contribution in [3.63, 3.8) is 0 Å². The average molecular weight is 346 g/mol. The molecule has 2 aromatic rings. The molecule has 1 aliphatic heterocycles. The molecule has 6 heteroatoms. The lowest BCUT2D eigenvalue weighted by Gasteiger charge is -2.35. The fourth-order valence-electron chi connectivity index (χ4n) is 2.85. The van der Waals surface area contributed by atoms with Crippen LogP contribution < -0.4 is 9.64 Å². The van der Waals surface area contributed by atoms with Gasteiger partial charge in [-0.05, 0) is 43.3 Å². The van der Waals surface area contributed by atoms with Crippen molar-refractivity contribution in [3.05, 3.63) is 54.6 Å². The number of hydrogen-bond donors (Lipinski definition) is 0. The first-order chi connectivity index (χ1) is 11.6. The van der Waals surface area contributed by atoms with Crippen LogP contribution in [-0.4, -0.2) is 45.5 Å². The number of hydrogen-bond acceptors (Lipinski definition) is 4. The van der Waals surface area contributed by atoms with E-state index in [1.54, 1.807) is 28.6 Å². The van der Waals surface area contributed by atoms with Crippen molar-refractivity contribution in [2.45, 2.75) is 11.8 Å². The second-order valence-electron chi connectivity index (χ2n) is 5.63. The fraction of sp³-hybridized carbons (Fsp3) is 0.333. The highest BCUT2D eigenvalue weighted by Crippen LogP contribution is 2.23. The van der Waals surface area contributed by atoms with Gasteiger partial charge in [0.05, 0.1) is 11.5 Å². The molecular weight excluding hydrogens is 324 g/mol. The maximum Gasteiger partial charge on any atom is 0.243 e.